The molecule has 5 atom stereocenters. The molecule has 2 aliphatic rings. The SMILES string of the molecule is CC(C)C1CCC(C)(O[Si](C)(C)C(C)(C)C)CC1[C@H]1C[C@H](NC(=O)OC(C)(C)C)C(=O)N1C(=O)OC(C)(C)C. The summed E-state index contributed by atoms with van der Waals surface area (Å²) in [6.07, 6.45) is 1.61. The largest absolute Gasteiger partial charge is 0.444 e. The summed E-state index contributed by atoms with van der Waals surface area (Å²) in [4.78, 5) is 41.1. The van der Waals surface area contributed by atoms with Crippen molar-refractivity contribution in [3.05, 3.63) is 0 Å². The molecule has 226 valence electrons. The molecule has 0 aromatic rings. The predicted molar refractivity (Wildman–Crippen MR) is 157 cm³/mol. The van der Waals surface area contributed by atoms with Gasteiger partial charge in [0.05, 0.1) is 5.60 Å². The molecular weight excluding hydrogens is 512 g/mol. The van der Waals surface area contributed by atoms with Gasteiger partial charge in [0.1, 0.15) is 17.2 Å². The summed E-state index contributed by atoms with van der Waals surface area (Å²) < 4.78 is 18.2. The van der Waals surface area contributed by atoms with Crippen LogP contribution in [0.3, 0.4) is 0 Å². The lowest BCUT2D eigenvalue weighted by Crippen LogP contribution is -2.55. The fourth-order valence-corrected chi connectivity index (χ4v) is 7.52. The molecule has 0 spiro atoms. The number of hydrogen-bond donors (Lipinski definition) is 1. The first-order valence-electron chi connectivity index (χ1n) is 14.6. The highest BCUT2D eigenvalue weighted by Crippen LogP contribution is 2.50. The topological polar surface area (TPSA) is 94.2 Å². The molecule has 1 saturated carbocycles. The molecule has 1 saturated heterocycles. The van der Waals surface area contributed by atoms with Gasteiger partial charge in [-0.15, -0.1) is 0 Å². The van der Waals surface area contributed by atoms with Crippen LogP contribution in [0.25, 0.3) is 0 Å². The molecule has 0 aromatic carbocycles. The van der Waals surface area contributed by atoms with Crippen molar-refractivity contribution in [2.75, 3.05) is 0 Å². The second kappa shape index (κ2) is 11.3. The molecule has 8 nitrogen and oxygen atoms in total. The Labute approximate surface area is 238 Å². The molecule has 0 radical (unpaired) electrons. The summed E-state index contributed by atoms with van der Waals surface area (Å²) in [7, 11) is -2.07. The molecule has 1 aliphatic heterocycles. The normalized spacial score (nSPS) is 29.0. The maximum Gasteiger partial charge on any atom is 0.417 e. The van der Waals surface area contributed by atoms with E-state index in [9.17, 15) is 14.4 Å². The lowest BCUT2D eigenvalue weighted by Gasteiger charge is -2.51. The van der Waals surface area contributed by atoms with Crippen molar-refractivity contribution in [2.24, 2.45) is 17.8 Å². The number of nitrogens with zero attached hydrogens (tertiary/aromatic N) is 1. The van der Waals surface area contributed by atoms with Crippen LogP contribution in [0, 0.1) is 17.8 Å². The zero-order chi connectivity index (χ0) is 30.4. The Balaban J connectivity index is 2.47. The maximum atomic E-state index is 13.7. The van der Waals surface area contributed by atoms with E-state index in [-0.39, 0.29) is 16.6 Å². The predicted octanol–water partition coefficient (Wildman–Crippen LogP) is 7.27. The van der Waals surface area contributed by atoms with E-state index in [2.05, 4.69) is 60.0 Å². The number of carbonyl (C=O) groups excluding carboxylic acids is 3. The number of amides is 3. The van der Waals surface area contributed by atoms with Crippen LogP contribution in [-0.4, -0.2) is 60.2 Å². The average Bonchev–Trinajstić information content (AvgIpc) is 2.99. The van der Waals surface area contributed by atoms with Crippen molar-refractivity contribution in [3.63, 3.8) is 0 Å². The summed E-state index contributed by atoms with van der Waals surface area (Å²) >= 11 is 0. The van der Waals surface area contributed by atoms with E-state index >= 15 is 0 Å². The van der Waals surface area contributed by atoms with Crippen LogP contribution in [0.15, 0.2) is 0 Å². The van der Waals surface area contributed by atoms with E-state index in [1.807, 2.05) is 0 Å². The zero-order valence-electron chi connectivity index (χ0n) is 27.1. The molecular formula is C30H56N2O6Si. The number of imide groups is 1. The molecule has 1 N–H and O–H groups in total. The minimum Gasteiger partial charge on any atom is -0.444 e. The standard InChI is InChI=1S/C30H56N2O6Si/c1-19(2)20-15-16-30(12,38-39(13,14)29(9,10)11)18-21(20)23-17-22(31-25(34)36-27(3,4)5)24(33)32(23)26(35)37-28(6,7)8/h19-23H,15-18H2,1-14H3,(H,31,34)/t20?,21?,22-,23+,30?/m0/s1. The van der Waals surface area contributed by atoms with Crippen molar-refractivity contribution in [1.29, 1.82) is 0 Å². The highest BCUT2D eigenvalue weighted by atomic mass is 28.4. The molecule has 2 rings (SSSR count). The van der Waals surface area contributed by atoms with Crippen LogP contribution in [-0.2, 0) is 18.7 Å². The fourth-order valence-electron chi connectivity index (χ4n) is 5.80. The Morgan fingerprint density at radius 2 is 1.54 bits per heavy atom. The number of ether oxygens (including phenoxy) is 2. The summed E-state index contributed by atoms with van der Waals surface area (Å²) in [5.74, 6) is 0.223. The number of nitrogens with one attached hydrogen (secondary N) is 1. The average molecular weight is 569 g/mol. The Morgan fingerprint density at radius 1 is 1.00 bits per heavy atom. The summed E-state index contributed by atoms with van der Waals surface area (Å²) in [5.41, 5.74) is -1.83. The van der Waals surface area contributed by atoms with Crippen LogP contribution in [0.2, 0.25) is 18.1 Å². The quantitative estimate of drug-likeness (QED) is 0.351. The van der Waals surface area contributed by atoms with Crippen LogP contribution < -0.4 is 5.32 Å². The minimum absolute atomic E-state index is 0.00965. The summed E-state index contributed by atoms with van der Waals surface area (Å²) in [5, 5.41) is 2.80. The maximum absolute atomic E-state index is 13.7. The number of carbonyl (C=O) groups is 3. The summed E-state index contributed by atoms with van der Waals surface area (Å²) in [6, 6.07) is -1.28. The molecule has 3 amide bonds. The number of alkyl carbamates (subject to hydrolysis) is 1. The van der Waals surface area contributed by atoms with E-state index in [1.54, 1.807) is 41.5 Å². The van der Waals surface area contributed by atoms with Crippen LogP contribution >= 0.6 is 0 Å². The van der Waals surface area contributed by atoms with Gasteiger partial charge in [0, 0.05) is 6.04 Å². The molecule has 1 heterocycles. The first kappa shape index (κ1) is 33.6. The van der Waals surface area contributed by atoms with Crippen molar-refractivity contribution in [1.82, 2.24) is 10.2 Å². The van der Waals surface area contributed by atoms with E-state index in [4.69, 9.17) is 13.9 Å². The molecule has 1 aliphatic carbocycles. The second-order valence-electron chi connectivity index (χ2n) is 15.8. The number of likely N-dealkylation sites (tertiary alicyclic amines) is 1. The third-order valence-corrected chi connectivity index (χ3v) is 13.1. The minimum atomic E-state index is -2.07. The summed E-state index contributed by atoms with van der Waals surface area (Å²) in [6.45, 7) is 28.6. The number of rotatable bonds is 5. The molecule has 3 unspecified atom stereocenters. The Bertz CT molecular complexity index is 914. The Hall–Kier alpha value is -1.61. The van der Waals surface area contributed by atoms with Gasteiger partial charge in [0.25, 0.3) is 5.91 Å². The van der Waals surface area contributed by atoms with Gasteiger partial charge in [-0.05, 0) is 110 Å². The van der Waals surface area contributed by atoms with Crippen LogP contribution in [0.5, 0.6) is 0 Å². The zero-order valence-corrected chi connectivity index (χ0v) is 28.1. The van der Waals surface area contributed by atoms with Crippen molar-refractivity contribution in [3.8, 4) is 0 Å². The third kappa shape index (κ3) is 8.68. The van der Waals surface area contributed by atoms with Gasteiger partial charge < -0.3 is 19.2 Å². The molecule has 9 heteroatoms. The first-order chi connectivity index (χ1) is 17.4. The third-order valence-electron chi connectivity index (χ3n) is 8.51. The Morgan fingerprint density at radius 3 is 2.00 bits per heavy atom. The van der Waals surface area contributed by atoms with Gasteiger partial charge in [0.15, 0.2) is 8.32 Å². The van der Waals surface area contributed by atoms with Gasteiger partial charge >= 0.3 is 12.2 Å². The van der Waals surface area contributed by atoms with E-state index in [0.717, 1.165) is 19.3 Å². The second-order valence-corrected chi connectivity index (χ2v) is 20.5. The molecule has 0 bridgehead atoms. The van der Waals surface area contributed by atoms with Gasteiger partial charge in [-0.1, -0.05) is 34.6 Å². The molecule has 0 aromatic heterocycles. The van der Waals surface area contributed by atoms with Gasteiger partial charge in [-0.3, -0.25) is 4.79 Å². The highest BCUT2D eigenvalue weighted by Gasteiger charge is 2.54. The van der Waals surface area contributed by atoms with Crippen molar-refractivity contribution >= 4 is 26.4 Å². The van der Waals surface area contributed by atoms with Gasteiger partial charge in [-0.2, -0.15) is 0 Å². The Kier molecular flexibility index (Phi) is 9.77. The lowest BCUT2D eigenvalue weighted by atomic mass is 9.65. The van der Waals surface area contributed by atoms with E-state index in [0.29, 0.717) is 18.3 Å². The highest BCUT2D eigenvalue weighted by molar-refractivity contribution is 6.74. The number of hydrogen-bond acceptors (Lipinski definition) is 6. The molecule has 2 fully saturated rings. The monoisotopic (exact) mass is 568 g/mol. The van der Waals surface area contributed by atoms with Gasteiger partial charge in [0.2, 0.25) is 0 Å². The van der Waals surface area contributed by atoms with E-state index in [1.165, 1.54) is 4.90 Å². The smallest absolute Gasteiger partial charge is 0.417 e. The fraction of sp³-hybridized carbons (Fsp3) is 0.900. The van der Waals surface area contributed by atoms with Crippen molar-refractivity contribution < 1.29 is 28.3 Å². The van der Waals surface area contributed by atoms with Crippen LogP contribution in [0.4, 0.5) is 9.59 Å². The van der Waals surface area contributed by atoms with E-state index < -0.39 is 49.7 Å². The van der Waals surface area contributed by atoms with Gasteiger partial charge in [-0.25, -0.2) is 14.5 Å². The van der Waals surface area contributed by atoms with Crippen LogP contribution in [0.1, 0.15) is 109 Å². The molecule has 39 heavy (non-hydrogen) atoms. The first-order valence-corrected chi connectivity index (χ1v) is 17.5. The lowest BCUT2D eigenvalue weighted by molar-refractivity contribution is -0.131. The van der Waals surface area contributed by atoms with Crippen molar-refractivity contribution in [2.45, 2.75) is 156 Å².